The maximum Gasteiger partial charge on any atom is 0.262 e. The number of carbonyl (C=O) groups excluding carboxylic acids is 1. The van der Waals surface area contributed by atoms with Gasteiger partial charge in [-0.25, -0.2) is 8.78 Å². The van der Waals surface area contributed by atoms with E-state index in [1.54, 1.807) is 12.1 Å². The fourth-order valence-electron chi connectivity index (χ4n) is 2.87. The molecule has 2 aliphatic rings. The molecule has 1 saturated heterocycles. The Morgan fingerprint density at radius 1 is 1.43 bits per heavy atom. The van der Waals surface area contributed by atoms with Crippen molar-refractivity contribution in [3.63, 3.8) is 0 Å². The van der Waals surface area contributed by atoms with Crippen LogP contribution in [0.3, 0.4) is 0 Å². The highest BCUT2D eigenvalue weighted by Gasteiger charge is 2.42. The van der Waals surface area contributed by atoms with Gasteiger partial charge in [0.1, 0.15) is 5.75 Å². The minimum absolute atomic E-state index is 0. The van der Waals surface area contributed by atoms with Crippen LogP contribution in [0.4, 0.5) is 8.78 Å². The van der Waals surface area contributed by atoms with Gasteiger partial charge in [0, 0.05) is 17.0 Å². The Labute approximate surface area is 144 Å². The number of nitrogens with one attached hydrogen (secondary N) is 2. The van der Waals surface area contributed by atoms with Crippen molar-refractivity contribution in [1.82, 2.24) is 10.6 Å². The Hall–Kier alpha value is -1.11. The average Bonchev–Trinajstić information content (AvgIpc) is 2.71. The second-order valence-electron chi connectivity index (χ2n) is 5.73. The number of hydrogen-bond acceptors (Lipinski definition) is 3. The van der Waals surface area contributed by atoms with Crippen LogP contribution >= 0.6 is 24.0 Å². The number of alkyl halides is 2. The van der Waals surface area contributed by atoms with E-state index in [9.17, 15) is 13.6 Å². The fourth-order valence-corrected chi connectivity index (χ4v) is 3.03. The summed E-state index contributed by atoms with van der Waals surface area (Å²) in [6, 6.07) is 4.15. The van der Waals surface area contributed by atoms with Gasteiger partial charge < -0.3 is 10.1 Å². The highest BCUT2D eigenvalue weighted by Crippen LogP contribution is 2.34. The van der Waals surface area contributed by atoms with E-state index < -0.39 is 30.8 Å². The Morgan fingerprint density at radius 3 is 2.91 bits per heavy atom. The summed E-state index contributed by atoms with van der Waals surface area (Å²) in [5.74, 6) is -2.58. The number of carbonyl (C=O) groups is 1. The lowest BCUT2D eigenvalue weighted by atomic mass is 10.0. The summed E-state index contributed by atoms with van der Waals surface area (Å²) in [5, 5.41) is 5.99. The second-order valence-corrected chi connectivity index (χ2v) is 6.16. The van der Waals surface area contributed by atoms with Crippen molar-refractivity contribution in [2.24, 2.45) is 0 Å². The zero-order valence-electron chi connectivity index (χ0n) is 12.3. The predicted molar refractivity (Wildman–Crippen MR) is 85.7 cm³/mol. The molecule has 2 aliphatic heterocycles. The van der Waals surface area contributed by atoms with Crippen molar-refractivity contribution in [3.8, 4) is 5.75 Å². The lowest BCUT2D eigenvalue weighted by molar-refractivity contribution is -0.124. The number of fused-ring (bicyclic) bond motifs is 1. The van der Waals surface area contributed by atoms with Gasteiger partial charge in [-0.2, -0.15) is 0 Å². The molecule has 0 radical (unpaired) electrons. The molecule has 1 amide bonds. The maximum absolute atomic E-state index is 13.2. The van der Waals surface area contributed by atoms with E-state index in [4.69, 9.17) is 16.3 Å². The molecule has 2 atom stereocenters. The van der Waals surface area contributed by atoms with Gasteiger partial charge in [-0.3, -0.25) is 10.1 Å². The first-order chi connectivity index (χ1) is 10.4. The SMILES string of the molecule is Cl.O=C(NC1CCCOc2cc(Cl)ccc21)C1CC(F)(F)CN1. The number of halogens is 4. The van der Waals surface area contributed by atoms with E-state index in [2.05, 4.69) is 10.6 Å². The minimum Gasteiger partial charge on any atom is -0.493 e. The molecule has 0 aromatic heterocycles. The summed E-state index contributed by atoms with van der Waals surface area (Å²) < 4.78 is 32.0. The third kappa shape index (κ3) is 4.25. The van der Waals surface area contributed by atoms with E-state index in [-0.39, 0.29) is 18.4 Å². The summed E-state index contributed by atoms with van der Waals surface area (Å²) in [7, 11) is 0. The Morgan fingerprint density at radius 2 is 2.22 bits per heavy atom. The molecule has 1 fully saturated rings. The molecule has 3 rings (SSSR count). The average molecular weight is 367 g/mol. The smallest absolute Gasteiger partial charge is 0.262 e. The highest BCUT2D eigenvalue weighted by atomic mass is 35.5. The third-order valence-corrected chi connectivity index (χ3v) is 4.22. The lowest BCUT2D eigenvalue weighted by Crippen LogP contribution is -2.42. The fraction of sp³-hybridized carbons (Fsp3) is 0.533. The van der Waals surface area contributed by atoms with Crippen LogP contribution in [0.5, 0.6) is 5.75 Å². The molecule has 0 aliphatic carbocycles. The van der Waals surface area contributed by atoms with Gasteiger partial charge in [0.05, 0.1) is 25.2 Å². The van der Waals surface area contributed by atoms with Gasteiger partial charge in [0.15, 0.2) is 0 Å². The lowest BCUT2D eigenvalue weighted by Gasteiger charge is -2.20. The van der Waals surface area contributed by atoms with Crippen LogP contribution in [0.2, 0.25) is 5.02 Å². The summed E-state index contributed by atoms with van der Waals surface area (Å²) in [5.41, 5.74) is 0.833. The van der Waals surface area contributed by atoms with E-state index in [0.717, 1.165) is 12.0 Å². The van der Waals surface area contributed by atoms with Crippen molar-refractivity contribution in [2.45, 2.75) is 37.3 Å². The highest BCUT2D eigenvalue weighted by molar-refractivity contribution is 6.30. The standard InChI is InChI=1S/C15H17ClF2N2O2.ClH/c16-9-3-4-10-11(2-1-5-22-13(10)6-9)20-14(21)12-7-15(17,18)8-19-12;/h3-4,6,11-12,19H,1-2,5,7-8H2,(H,20,21);1H. The molecule has 2 N–H and O–H groups in total. The molecule has 8 heteroatoms. The zero-order chi connectivity index (χ0) is 15.7. The topological polar surface area (TPSA) is 50.4 Å². The van der Waals surface area contributed by atoms with Gasteiger partial charge in [-0.15, -0.1) is 12.4 Å². The van der Waals surface area contributed by atoms with Crippen LogP contribution in [-0.2, 0) is 4.79 Å². The Bertz CT molecular complexity index is 587. The molecule has 0 bridgehead atoms. The van der Waals surface area contributed by atoms with Crippen molar-refractivity contribution >= 4 is 29.9 Å². The predicted octanol–water partition coefficient (Wildman–Crippen LogP) is 3.09. The summed E-state index contributed by atoms with van der Waals surface area (Å²) in [6.45, 7) is 0.0878. The molecule has 4 nitrogen and oxygen atoms in total. The van der Waals surface area contributed by atoms with Crippen LogP contribution in [-0.4, -0.2) is 31.0 Å². The van der Waals surface area contributed by atoms with Crippen LogP contribution in [0.1, 0.15) is 30.9 Å². The number of benzene rings is 1. The normalized spacial score (nSPS) is 25.5. The van der Waals surface area contributed by atoms with Gasteiger partial charge in [0.25, 0.3) is 5.92 Å². The zero-order valence-corrected chi connectivity index (χ0v) is 13.9. The van der Waals surface area contributed by atoms with Crippen LogP contribution in [0.25, 0.3) is 0 Å². The summed E-state index contributed by atoms with van der Waals surface area (Å²) in [4.78, 5) is 12.2. The molecule has 1 aromatic carbocycles. The van der Waals surface area contributed by atoms with Gasteiger partial charge in [-0.1, -0.05) is 17.7 Å². The molecule has 23 heavy (non-hydrogen) atoms. The second kappa shape index (κ2) is 7.20. The third-order valence-electron chi connectivity index (χ3n) is 3.99. The van der Waals surface area contributed by atoms with E-state index in [1.807, 2.05) is 6.07 Å². The van der Waals surface area contributed by atoms with Crippen molar-refractivity contribution < 1.29 is 18.3 Å². The van der Waals surface area contributed by atoms with E-state index >= 15 is 0 Å². The largest absolute Gasteiger partial charge is 0.493 e. The summed E-state index contributed by atoms with van der Waals surface area (Å²) in [6.07, 6.45) is 1.00. The van der Waals surface area contributed by atoms with Crippen LogP contribution in [0.15, 0.2) is 18.2 Å². The van der Waals surface area contributed by atoms with Crippen LogP contribution in [0, 0.1) is 0 Å². The van der Waals surface area contributed by atoms with Crippen LogP contribution < -0.4 is 15.4 Å². The molecule has 1 aromatic rings. The first kappa shape index (κ1) is 18.2. The quantitative estimate of drug-likeness (QED) is 0.845. The molecule has 2 heterocycles. The molecular formula is C15H18Cl2F2N2O2. The number of amides is 1. The van der Waals surface area contributed by atoms with Crippen molar-refractivity contribution in [1.29, 1.82) is 0 Å². The molecule has 0 spiro atoms. The maximum atomic E-state index is 13.2. The van der Waals surface area contributed by atoms with Gasteiger partial charge >= 0.3 is 0 Å². The van der Waals surface area contributed by atoms with E-state index in [1.165, 1.54) is 0 Å². The summed E-state index contributed by atoms with van der Waals surface area (Å²) >= 11 is 5.96. The van der Waals surface area contributed by atoms with Gasteiger partial charge in [0.2, 0.25) is 5.91 Å². The van der Waals surface area contributed by atoms with Crippen molar-refractivity contribution in [3.05, 3.63) is 28.8 Å². The van der Waals surface area contributed by atoms with E-state index in [0.29, 0.717) is 23.8 Å². The number of ether oxygens (including phenoxy) is 1. The Balaban J connectivity index is 0.00000192. The number of rotatable bonds is 2. The molecule has 128 valence electrons. The minimum atomic E-state index is -2.82. The number of hydrogen-bond donors (Lipinski definition) is 2. The molecular weight excluding hydrogens is 349 g/mol. The molecule has 2 unspecified atom stereocenters. The first-order valence-corrected chi connectivity index (χ1v) is 7.66. The molecule has 0 saturated carbocycles. The van der Waals surface area contributed by atoms with Crippen molar-refractivity contribution in [2.75, 3.05) is 13.2 Å². The first-order valence-electron chi connectivity index (χ1n) is 7.28. The Kier molecular flexibility index (Phi) is 5.70. The monoisotopic (exact) mass is 366 g/mol. The van der Waals surface area contributed by atoms with Gasteiger partial charge in [-0.05, 0) is 25.0 Å².